The monoisotopic (exact) mass is 569 g/mol. The maximum Gasteiger partial charge on any atom is 0.303 e. The lowest BCUT2D eigenvalue weighted by Gasteiger charge is -2.49. The molecule has 0 bridgehead atoms. The fraction of sp³-hybridized carbons (Fsp3) is 0.464. The van der Waals surface area contributed by atoms with Gasteiger partial charge in [-0.2, -0.15) is 0 Å². The van der Waals surface area contributed by atoms with Gasteiger partial charge in [0.15, 0.2) is 18.5 Å². The van der Waals surface area contributed by atoms with Crippen LogP contribution in [0.25, 0.3) is 10.4 Å². The standard InChI is InChI=1S/C28H35N3O8Si/c1-18(32)35-17-23-25(36-19(2)33)26(37-20(3)34)24(30-31-29)27(38-23)39-40(28(4,5)6,21-13-9-7-10-14-21)22-15-11-8-12-16-22/h7-16,23-27H,17H2,1-6H3/t23?,24?,25-,26+,27+/m1/s1. The summed E-state index contributed by atoms with van der Waals surface area (Å²) in [6, 6.07) is 18.2. The highest BCUT2D eigenvalue weighted by Crippen LogP contribution is 2.40. The third-order valence-electron chi connectivity index (χ3n) is 6.56. The van der Waals surface area contributed by atoms with E-state index in [-0.39, 0.29) is 6.61 Å². The van der Waals surface area contributed by atoms with Crippen LogP contribution in [0, 0.1) is 0 Å². The summed E-state index contributed by atoms with van der Waals surface area (Å²) in [5.41, 5.74) is 9.53. The summed E-state index contributed by atoms with van der Waals surface area (Å²) in [6.07, 6.45) is -4.88. The van der Waals surface area contributed by atoms with Gasteiger partial charge in [0.1, 0.15) is 18.8 Å². The van der Waals surface area contributed by atoms with Crippen LogP contribution in [0.3, 0.4) is 0 Å². The minimum Gasteiger partial charge on any atom is -0.463 e. The van der Waals surface area contributed by atoms with Gasteiger partial charge in [-0.1, -0.05) is 86.5 Å². The average molecular weight is 570 g/mol. The minimum absolute atomic E-state index is 0.325. The predicted molar refractivity (Wildman–Crippen MR) is 148 cm³/mol. The summed E-state index contributed by atoms with van der Waals surface area (Å²) in [5.74, 6) is -1.97. The molecule has 1 saturated heterocycles. The Labute approximate surface area is 234 Å². The Morgan fingerprint density at radius 2 is 1.38 bits per heavy atom. The molecule has 214 valence electrons. The SMILES string of the molecule is CC(=O)OCC1O[C@@H](O[Si](c2ccccc2)(c2ccccc2)C(C)(C)C)C(N=[N+]=[N-])[C@H](OC(C)=O)[C@@H]1OC(C)=O. The van der Waals surface area contributed by atoms with Gasteiger partial charge in [0.25, 0.3) is 8.32 Å². The van der Waals surface area contributed by atoms with Crippen molar-refractivity contribution in [1.29, 1.82) is 0 Å². The molecule has 2 aromatic rings. The van der Waals surface area contributed by atoms with Gasteiger partial charge in [-0.15, -0.1) is 0 Å². The number of azide groups is 1. The number of carbonyl (C=O) groups excluding carboxylic acids is 3. The number of esters is 3. The topological polar surface area (TPSA) is 146 Å². The van der Waals surface area contributed by atoms with Gasteiger partial charge < -0.3 is 23.4 Å². The van der Waals surface area contributed by atoms with E-state index in [1.165, 1.54) is 20.8 Å². The summed E-state index contributed by atoms with van der Waals surface area (Å²) in [5, 5.41) is 5.30. The lowest BCUT2D eigenvalue weighted by atomic mass is 9.97. The maximum atomic E-state index is 12.2. The Bertz CT molecular complexity index is 1190. The lowest BCUT2D eigenvalue weighted by Crippen LogP contribution is -2.71. The summed E-state index contributed by atoms with van der Waals surface area (Å²) in [6.45, 7) is 9.46. The third kappa shape index (κ3) is 6.89. The normalized spacial score (nSPS) is 22.9. The Morgan fingerprint density at radius 1 is 0.875 bits per heavy atom. The average Bonchev–Trinajstić information content (AvgIpc) is 2.89. The Kier molecular flexibility index (Phi) is 10.1. The molecule has 0 spiro atoms. The molecule has 0 saturated carbocycles. The van der Waals surface area contributed by atoms with E-state index in [4.69, 9.17) is 23.4 Å². The third-order valence-corrected chi connectivity index (χ3v) is 11.6. The fourth-order valence-corrected chi connectivity index (χ4v) is 9.59. The van der Waals surface area contributed by atoms with E-state index in [9.17, 15) is 19.9 Å². The first-order valence-electron chi connectivity index (χ1n) is 12.9. The molecule has 40 heavy (non-hydrogen) atoms. The van der Waals surface area contributed by atoms with Gasteiger partial charge in [0.2, 0.25) is 0 Å². The molecule has 2 unspecified atom stereocenters. The minimum atomic E-state index is -3.27. The molecule has 1 aliphatic heterocycles. The number of nitrogens with zero attached hydrogens (tertiary/aromatic N) is 3. The second-order valence-corrected chi connectivity index (χ2v) is 14.7. The summed E-state index contributed by atoms with van der Waals surface area (Å²) >= 11 is 0. The Morgan fingerprint density at radius 3 is 1.80 bits per heavy atom. The summed E-state index contributed by atoms with van der Waals surface area (Å²) < 4.78 is 29.7. The molecule has 0 aliphatic carbocycles. The van der Waals surface area contributed by atoms with E-state index in [1.807, 2.05) is 60.7 Å². The molecule has 1 fully saturated rings. The molecular weight excluding hydrogens is 534 g/mol. The van der Waals surface area contributed by atoms with Gasteiger partial charge >= 0.3 is 17.9 Å². The number of ether oxygens (including phenoxy) is 4. The van der Waals surface area contributed by atoms with Crippen molar-refractivity contribution >= 4 is 36.6 Å². The van der Waals surface area contributed by atoms with E-state index < -0.39 is 61.9 Å². The van der Waals surface area contributed by atoms with Gasteiger partial charge in [-0.3, -0.25) is 14.4 Å². The first-order valence-corrected chi connectivity index (χ1v) is 14.8. The second kappa shape index (κ2) is 13.1. The molecule has 3 rings (SSSR count). The molecule has 0 amide bonds. The van der Waals surface area contributed by atoms with Crippen molar-refractivity contribution < 1.29 is 37.8 Å². The molecular formula is C28H35N3O8Si. The Hall–Kier alpha value is -3.70. The molecule has 11 nitrogen and oxygen atoms in total. The predicted octanol–water partition coefficient (Wildman–Crippen LogP) is 3.39. The summed E-state index contributed by atoms with van der Waals surface area (Å²) in [7, 11) is -3.27. The number of rotatable bonds is 9. The molecule has 2 aromatic carbocycles. The molecule has 0 N–H and O–H groups in total. The highest BCUT2D eigenvalue weighted by Gasteiger charge is 2.57. The van der Waals surface area contributed by atoms with Crippen LogP contribution >= 0.6 is 0 Å². The van der Waals surface area contributed by atoms with Crippen LogP contribution in [0.5, 0.6) is 0 Å². The van der Waals surface area contributed by atoms with Gasteiger partial charge in [0.05, 0.1) is 0 Å². The first kappa shape index (κ1) is 30.8. The fourth-order valence-electron chi connectivity index (χ4n) is 5.03. The van der Waals surface area contributed by atoms with Gasteiger partial charge in [-0.05, 0) is 20.9 Å². The van der Waals surface area contributed by atoms with Crippen LogP contribution in [0.1, 0.15) is 41.5 Å². The van der Waals surface area contributed by atoms with Crippen molar-refractivity contribution in [2.24, 2.45) is 5.11 Å². The van der Waals surface area contributed by atoms with Gasteiger partial charge in [-0.25, -0.2) is 0 Å². The highest BCUT2D eigenvalue weighted by molar-refractivity contribution is 6.99. The molecule has 12 heteroatoms. The van der Waals surface area contributed by atoms with Crippen molar-refractivity contribution in [3.05, 3.63) is 71.1 Å². The maximum absolute atomic E-state index is 12.2. The molecule has 1 aliphatic rings. The van der Waals surface area contributed by atoms with E-state index in [0.717, 1.165) is 10.4 Å². The van der Waals surface area contributed by atoms with Crippen molar-refractivity contribution in [3.63, 3.8) is 0 Å². The lowest BCUT2D eigenvalue weighted by molar-refractivity contribution is -0.255. The van der Waals surface area contributed by atoms with Crippen molar-refractivity contribution in [1.82, 2.24) is 0 Å². The van der Waals surface area contributed by atoms with Crippen LogP contribution in [0.4, 0.5) is 0 Å². The zero-order valence-electron chi connectivity index (χ0n) is 23.5. The first-order chi connectivity index (χ1) is 18.9. The van der Waals surface area contributed by atoms with Crippen LogP contribution in [0.15, 0.2) is 65.8 Å². The second-order valence-electron chi connectivity index (χ2n) is 10.5. The van der Waals surface area contributed by atoms with Gasteiger partial charge in [0, 0.05) is 25.7 Å². The van der Waals surface area contributed by atoms with Crippen molar-refractivity contribution in [2.75, 3.05) is 6.61 Å². The zero-order valence-corrected chi connectivity index (χ0v) is 24.5. The smallest absolute Gasteiger partial charge is 0.303 e. The van der Waals surface area contributed by atoms with Crippen molar-refractivity contribution in [2.45, 2.75) is 77.2 Å². The molecule has 0 aromatic heterocycles. The van der Waals surface area contributed by atoms with E-state index in [0.29, 0.717) is 0 Å². The summed E-state index contributed by atoms with van der Waals surface area (Å²) in [4.78, 5) is 38.9. The highest BCUT2D eigenvalue weighted by atomic mass is 28.4. The molecule has 5 atom stereocenters. The Balaban J connectivity index is 2.24. The van der Waals surface area contributed by atoms with Crippen LogP contribution < -0.4 is 10.4 Å². The zero-order chi connectivity index (χ0) is 29.5. The molecule has 1 heterocycles. The quantitative estimate of drug-likeness (QED) is 0.112. The number of benzene rings is 2. The number of hydrogen-bond donors (Lipinski definition) is 0. The number of carbonyl (C=O) groups is 3. The van der Waals surface area contributed by atoms with Crippen LogP contribution in [-0.2, 0) is 37.8 Å². The van der Waals surface area contributed by atoms with E-state index in [1.54, 1.807) is 0 Å². The van der Waals surface area contributed by atoms with E-state index >= 15 is 0 Å². The molecule has 0 radical (unpaired) electrons. The number of hydrogen-bond acceptors (Lipinski definition) is 9. The van der Waals surface area contributed by atoms with Crippen LogP contribution in [0.2, 0.25) is 5.04 Å². The van der Waals surface area contributed by atoms with Crippen molar-refractivity contribution in [3.8, 4) is 0 Å². The largest absolute Gasteiger partial charge is 0.463 e. The van der Waals surface area contributed by atoms with Crippen LogP contribution in [-0.4, -0.2) is 63.5 Å². The van der Waals surface area contributed by atoms with E-state index in [2.05, 4.69) is 30.8 Å².